The fraction of sp³-hybridized carbons (Fsp3) is 0.259. The summed E-state index contributed by atoms with van der Waals surface area (Å²) in [4.78, 5) is 58.4. The molecule has 7 rings (SSSR count). The predicted octanol–water partition coefficient (Wildman–Crippen LogP) is 10.5. The number of amides is 2. The summed E-state index contributed by atoms with van der Waals surface area (Å²) >= 11 is 0. The predicted molar refractivity (Wildman–Crippen MR) is 244 cm³/mol. The number of benzene rings is 6. The standard InChI is InChI=1S/C54H54N2O8/c1-3-33-55(35-39-17-9-5-10-18-39,37-41-25-29-45(30-26-41)63-43-21-13-7-14-22-43)51(57)47-48(50(54(61)62)49(47)53(59)60)52(58)56(34-4-2,36-40-19-11-6-12-20-40)38-42-27-31-46(32-28-42)64-44-23-15-8-16-24-44/h5-32,47-50H,3-4,33-38H2,1-2H3/p+2/t47-,48-,49-,50-,55-,56-/m0/s1. The van der Waals surface area contributed by atoms with Gasteiger partial charge in [-0.25, -0.2) is 9.59 Å². The number of nitrogens with zero attached hydrogens (tertiary/aromatic N) is 2. The zero-order valence-corrected chi connectivity index (χ0v) is 36.4. The molecular formula is C54H56N2O8+2. The molecule has 1 fully saturated rings. The van der Waals surface area contributed by atoms with Crippen LogP contribution in [0.4, 0.5) is 0 Å². The first-order valence-electron chi connectivity index (χ1n) is 22.0. The lowest BCUT2D eigenvalue weighted by Gasteiger charge is -2.51. The van der Waals surface area contributed by atoms with Crippen LogP contribution in [0.15, 0.2) is 170 Å². The Morgan fingerprint density at radius 1 is 0.391 bits per heavy atom. The van der Waals surface area contributed by atoms with Gasteiger partial charge >= 0.3 is 23.8 Å². The van der Waals surface area contributed by atoms with E-state index in [0.29, 0.717) is 48.9 Å². The zero-order valence-electron chi connectivity index (χ0n) is 36.4. The van der Waals surface area contributed by atoms with Gasteiger partial charge in [-0.2, -0.15) is 0 Å². The van der Waals surface area contributed by atoms with Crippen LogP contribution in [-0.2, 0) is 45.4 Å². The number of carboxylic acid groups (broad SMARTS) is 2. The number of hydrogen-bond acceptors (Lipinski definition) is 6. The molecule has 2 amide bonds. The van der Waals surface area contributed by atoms with Crippen LogP contribution in [-0.4, -0.2) is 56.0 Å². The van der Waals surface area contributed by atoms with Crippen LogP contribution < -0.4 is 9.47 Å². The van der Waals surface area contributed by atoms with Gasteiger partial charge in [-0.15, -0.1) is 0 Å². The number of aliphatic carboxylic acids is 2. The second kappa shape index (κ2) is 20.5. The Morgan fingerprint density at radius 3 is 0.938 bits per heavy atom. The van der Waals surface area contributed by atoms with Crippen LogP contribution in [0.2, 0.25) is 0 Å². The van der Waals surface area contributed by atoms with Gasteiger partial charge in [0.2, 0.25) is 0 Å². The van der Waals surface area contributed by atoms with E-state index < -0.39 is 47.4 Å². The monoisotopic (exact) mass is 860 g/mol. The van der Waals surface area contributed by atoms with Crippen LogP contribution in [0.1, 0.15) is 48.9 Å². The van der Waals surface area contributed by atoms with E-state index in [2.05, 4.69) is 0 Å². The summed E-state index contributed by atoms with van der Waals surface area (Å²) in [5.74, 6) is -7.17. The van der Waals surface area contributed by atoms with Crippen molar-refractivity contribution in [2.24, 2.45) is 23.7 Å². The van der Waals surface area contributed by atoms with Gasteiger partial charge in [0.15, 0.2) is 0 Å². The van der Waals surface area contributed by atoms with E-state index in [1.807, 2.05) is 184 Å². The molecule has 10 nitrogen and oxygen atoms in total. The van der Waals surface area contributed by atoms with Crippen molar-refractivity contribution >= 4 is 23.8 Å². The molecule has 64 heavy (non-hydrogen) atoms. The third-order valence-electron chi connectivity index (χ3n) is 12.4. The minimum atomic E-state index is -1.61. The van der Waals surface area contributed by atoms with Crippen molar-refractivity contribution in [1.29, 1.82) is 0 Å². The fourth-order valence-corrected chi connectivity index (χ4v) is 9.57. The summed E-state index contributed by atoms with van der Waals surface area (Å²) in [5, 5.41) is 21.7. The van der Waals surface area contributed by atoms with Gasteiger partial charge in [-0.3, -0.25) is 18.6 Å². The minimum Gasteiger partial charge on any atom is -0.481 e. The molecule has 0 aliphatic heterocycles. The summed E-state index contributed by atoms with van der Waals surface area (Å²) in [7, 11) is 0. The molecule has 2 N–H and O–H groups in total. The van der Waals surface area contributed by atoms with Crippen molar-refractivity contribution in [1.82, 2.24) is 0 Å². The van der Waals surface area contributed by atoms with Gasteiger partial charge in [-0.05, 0) is 85.6 Å². The molecule has 0 saturated heterocycles. The largest absolute Gasteiger partial charge is 0.481 e. The van der Waals surface area contributed by atoms with E-state index in [4.69, 9.17) is 9.47 Å². The van der Waals surface area contributed by atoms with E-state index in [1.165, 1.54) is 0 Å². The Bertz CT molecular complexity index is 2310. The molecule has 6 atom stereocenters. The lowest BCUT2D eigenvalue weighted by atomic mass is 9.54. The second-order valence-electron chi connectivity index (χ2n) is 16.9. The third-order valence-corrected chi connectivity index (χ3v) is 12.4. The van der Waals surface area contributed by atoms with Gasteiger partial charge in [0, 0.05) is 22.3 Å². The SMILES string of the molecule is CCC[N@+](Cc1ccccc1)(Cc1ccc(Oc2ccccc2)cc1)C(=O)[C@@H]1[C@H](C(=O)O)[C@@H](C(=O)O)[C@H]1C(=O)[N@@+](CCC)(Cc1ccccc1)Cc1ccc(Oc2ccccc2)cc1. The van der Waals surface area contributed by atoms with Crippen LogP contribution in [0, 0.1) is 23.7 Å². The van der Waals surface area contributed by atoms with E-state index in [9.17, 15) is 19.8 Å². The molecule has 328 valence electrons. The van der Waals surface area contributed by atoms with Crippen molar-refractivity contribution < 1.29 is 47.8 Å². The van der Waals surface area contributed by atoms with E-state index in [0.717, 1.165) is 22.3 Å². The number of quaternary nitrogens is 2. The number of para-hydroxylation sites is 2. The molecule has 0 unspecified atom stereocenters. The Morgan fingerprint density at radius 2 is 0.656 bits per heavy atom. The van der Waals surface area contributed by atoms with E-state index >= 15 is 9.59 Å². The summed E-state index contributed by atoms with van der Waals surface area (Å²) in [5.41, 5.74) is 3.33. The van der Waals surface area contributed by atoms with Gasteiger partial charge in [0.05, 0.1) is 24.9 Å². The first kappa shape index (κ1) is 45.2. The number of rotatable bonds is 20. The highest BCUT2D eigenvalue weighted by molar-refractivity contribution is 5.96. The van der Waals surface area contributed by atoms with Crippen molar-refractivity contribution in [3.05, 3.63) is 192 Å². The lowest BCUT2D eigenvalue weighted by Crippen LogP contribution is -2.70. The third kappa shape index (κ3) is 10.3. The molecular weight excluding hydrogens is 805 g/mol. The van der Waals surface area contributed by atoms with Crippen LogP contribution >= 0.6 is 0 Å². The number of carbonyl (C=O) groups is 4. The molecule has 6 aromatic rings. The molecule has 0 radical (unpaired) electrons. The highest BCUT2D eigenvalue weighted by atomic mass is 16.5. The highest BCUT2D eigenvalue weighted by Gasteiger charge is 2.70. The number of carboxylic acids is 2. The van der Waals surface area contributed by atoms with Crippen LogP contribution in [0.3, 0.4) is 0 Å². The molecule has 1 aliphatic carbocycles. The molecule has 0 aromatic heterocycles. The number of hydrogen-bond donors (Lipinski definition) is 2. The second-order valence-corrected chi connectivity index (χ2v) is 16.9. The molecule has 0 spiro atoms. The molecule has 0 heterocycles. The van der Waals surface area contributed by atoms with Crippen molar-refractivity contribution in [2.75, 3.05) is 13.1 Å². The normalized spacial score (nSPS) is 18.7. The van der Waals surface area contributed by atoms with Gasteiger partial charge in [-0.1, -0.05) is 111 Å². The molecule has 1 saturated carbocycles. The quantitative estimate of drug-likeness (QED) is 0.0727. The van der Waals surface area contributed by atoms with Crippen molar-refractivity contribution in [2.45, 2.75) is 52.9 Å². The molecule has 10 heteroatoms. The summed E-state index contributed by atoms with van der Waals surface area (Å²) in [6, 6.07) is 52.9. The molecule has 0 bridgehead atoms. The Labute approximate surface area is 375 Å². The smallest absolute Gasteiger partial charge is 0.319 e. The maximum absolute atomic E-state index is 15.9. The van der Waals surface area contributed by atoms with E-state index in [1.54, 1.807) is 0 Å². The Balaban J connectivity index is 1.30. The first-order valence-corrected chi connectivity index (χ1v) is 22.0. The van der Waals surface area contributed by atoms with Crippen molar-refractivity contribution in [3.8, 4) is 23.0 Å². The maximum atomic E-state index is 15.9. The number of carbonyl (C=O) groups excluding carboxylic acids is 2. The number of ether oxygens (including phenoxy) is 2. The van der Waals surface area contributed by atoms with Crippen molar-refractivity contribution in [3.63, 3.8) is 0 Å². The summed E-state index contributed by atoms with van der Waals surface area (Å²) < 4.78 is 11.7. The average molecular weight is 861 g/mol. The lowest BCUT2D eigenvalue weighted by molar-refractivity contribution is -0.888. The van der Waals surface area contributed by atoms with Crippen LogP contribution in [0.5, 0.6) is 23.0 Å². The zero-order chi connectivity index (χ0) is 45.1. The average Bonchev–Trinajstić information content (AvgIpc) is 3.28. The minimum absolute atomic E-state index is 0.186. The summed E-state index contributed by atoms with van der Waals surface area (Å²) in [6.07, 6.45) is 1.13. The van der Waals surface area contributed by atoms with Gasteiger partial charge in [0.25, 0.3) is 0 Å². The summed E-state index contributed by atoms with van der Waals surface area (Å²) in [6.45, 7) is 5.40. The highest BCUT2D eigenvalue weighted by Crippen LogP contribution is 2.51. The van der Waals surface area contributed by atoms with E-state index in [-0.39, 0.29) is 35.1 Å². The molecule has 1 aliphatic rings. The first-order chi connectivity index (χ1) is 31.0. The maximum Gasteiger partial charge on any atom is 0.319 e. The topological polar surface area (TPSA) is 127 Å². The molecule has 6 aromatic carbocycles. The van der Waals surface area contributed by atoms with Crippen LogP contribution in [0.25, 0.3) is 0 Å². The van der Waals surface area contributed by atoms with Gasteiger partial charge < -0.3 is 19.7 Å². The fourth-order valence-electron chi connectivity index (χ4n) is 9.57. The van der Waals surface area contributed by atoms with Gasteiger partial charge in [0.1, 0.15) is 61.0 Å². The Hall–Kier alpha value is -6.88. The Kier molecular flexibility index (Phi) is 14.5.